The normalized spacial score (nSPS) is 16.9. The monoisotopic (exact) mass is 320 g/mol. The zero-order valence-corrected chi connectivity index (χ0v) is 12.9. The maximum absolute atomic E-state index is 12.6. The zero-order chi connectivity index (χ0) is 15.7. The molecule has 4 N–H and O–H groups in total. The van der Waals surface area contributed by atoms with E-state index in [0.717, 1.165) is 30.5 Å². The Morgan fingerprint density at radius 3 is 3.14 bits per heavy atom. The number of hydrogen-bond donors (Lipinski definition) is 3. The Bertz CT molecular complexity index is 714. The topological polar surface area (TPSA) is 93.0 Å². The molecule has 6 nitrogen and oxygen atoms in total. The minimum Gasteiger partial charge on any atom is -0.496 e. The van der Waals surface area contributed by atoms with Gasteiger partial charge in [-0.2, -0.15) is 5.10 Å². The van der Waals surface area contributed by atoms with Crippen molar-refractivity contribution in [3.63, 3.8) is 0 Å². The summed E-state index contributed by atoms with van der Waals surface area (Å²) in [5.41, 5.74) is 8.61. The molecule has 3 rings (SSSR count). The number of halogens is 1. The van der Waals surface area contributed by atoms with E-state index in [9.17, 15) is 4.79 Å². The Balaban J connectivity index is 1.86. The van der Waals surface area contributed by atoms with Gasteiger partial charge in [-0.3, -0.25) is 9.89 Å². The average Bonchev–Trinajstić information content (AvgIpc) is 2.99. The van der Waals surface area contributed by atoms with Crippen molar-refractivity contribution in [2.45, 2.75) is 25.3 Å². The molecule has 0 bridgehead atoms. The fourth-order valence-electron chi connectivity index (χ4n) is 2.76. The molecule has 2 aromatic rings. The molecule has 1 heterocycles. The maximum Gasteiger partial charge on any atom is 0.255 e. The molecule has 0 spiro atoms. The Hall–Kier alpha value is -2.21. The molecule has 1 amide bonds. The number of fused-ring (bicyclic) bond motifs is 1. The standard InChI is InChI=1S/C15H17ClN4O2/c1-22-13-6-11(17)10(16)5-9(13)15(21)19-12-4-2-3-8-7-18-20-14(8)12/h5-7,12H,2-4,17H2,1H3,(H,18,20)(H,19,21). The van der Waals surface area contributed by atoms with Crippen LogP contribution in [-0.2, 0) is 6.42 Å². The highest BCUT2D eigenvalue weighted by Crippen LogP contribution is 2.31. The van der Waals surface area contributed by atoms with Crippen LogP contribution in [-0.4, -0.2) is 23.2 Å². The molecule has 0 saturated carbocycles. The van der Waals surface area contributed by atoms with Gasteiger partial charge in [0.2, 0.25) is 0 Å². The fourth-order valence-corrected chi connectivity index (χ4v) is 2.92. The highest BCUT2D eigenvalue weighted by Gasteiger charge is 2.25. The molecule has 0 saturated heterocycles. The summed E-state index contributed by atoms with van der Waals surface area (Å²) >= 11 is 6.02. The fraction of sp³-hybridized carbons (Fsp3) is 0.333. The van der Waals surface area contributed by atoms with Gasteiger partial charge in [0, 0.05) is 6.07 Å². The van der Waals surface area contributed by atoms with Crippen LogP contribution in [0, 0.1) is 0 Å². The first-order chi connectivity index (χ1) is 10.6. The number of nitrogen functional groups attached to an aromatic ring is 1. The quantitative estimate of drug-likeness (QED) is 0.757. The van der Waals surface area contributed by atoms with E-state index in [2.05, 4.69) is 15.5 Å². The van der Waals surface area contributed by atoms with Gasteiger partial charge in [-0.15, -0.1) is 0 Å². The number of nitrogens with two attached hydrogens (primary N) is 1. The lowest BCUT2D eigenvalue weighted by molar-refractivity contribution is 0.0929. The summed E-state index contributed by atoms with van der Waals surface area (Å²) < 4.78 is 5.23. The summed E-state index contributed by atoms with van der Waals surface area (Å²) in [6.07, 6.45) is 4.67. The number of amides is 1. The van der Waals surface area contributed by atoms with Crippen molar-refractivity contribution in [3.8, 4) is 5.75 Å². The smallest absolute Gasteiger partial charge is 0.255 e. The molecule has 1 unspecified atom stereocenters. The van der Waals surface area contributed by atoms with E-state index in [1.165, 1.54) is 13.2 Å². The van der Waals surface area contributed by atoms with Gasteiger partial charge in [0.15, 0.2) is 0 Å². The minimum atomic E-state index is -0.244. The molecule has 0 radical (unpaired) electrons. The van der Waals surface area contributed by atoms with E-state index >= 15 is 0 Å². The van der Waals surface area contributed by atoms with Crippen LogP contribution in [0.1, 0.15) is 40.5 Å². The number of carbonyl (C=O) groups excluding carboxylic acids is 1. The lowest BCUT2D eigenvalue weighted by Gasteiger charge is -2.23. The van der Waals surface area contributed by atoms with Gasteiger partial charge < -0.3 is 15.8 Å². The lowest BCUT2D eigenvalue weighted by atomic mass is 9.93. The number of aromatic amines is 1. The van der Waals surface area contributed by atoms with Crippen LogP contribution in [0.2, 0.25) is 5.02 Å². The highest BCUT2D eigenvalue weighted by atomic mass is 35.5. The first-order valence-corrected chi connectivity index (χ1v) is 7.44. The van der Waals surface area contributed by atoms with Crippen molar-refractivity contribution in [2.24, 2.45) is 0 Å². The number of methoxy groups -OCH3 is 1. The van der Waals surface area contributed by atoms with Crippen molar-refractivity contribution in [2.75, 3.05) is 12.8 Å². The molecule has 1 atom stereocenters. The third-order valence-electron chi connectivity index (χ3n) is 3.91. The first-order valence-electron chi connectivity index (χ1n) is 7.06. The van der Waals surface area contributed by atoms with Crippen molar-refractivity contribution in [1.82, 2.24) is 15.5 Å². The van der Waals surface area contributed by atoms with Gasteiger partial charge in [0.1, 0.15) is 5.75 Å². The number of ether oxygens (including phenoxy) is 1. The molecule has 7 heteroatoms. The molecule has 0 aliphatic heterocycles. The summed E-state index contributed by atoms with van der Waals surface area (Å²) in [7, 11) is 1.49. The highest BCUT2D eigenvalue weighted by molar-refractivity contribution is 6.33. The van der Waals surface area contributed by atoms with E-state index in [1.807, 2.05) is 6.20 Å². The number of carbonyl (C=O) groups is 1. The van der Waals surface area contributed by atoms with Crippen LogP contribution in [0.3, 0.4) is 0 Å². The first kappa shape index (κ1) is 14.7. The van der Waals surface area contributed by atoms with Crippen molar-refractivity contribution in [1.29, 1.82) is 0 Å². The number of anilines is 1. The molecule has 0 fully saturated rings. The summed E-state index contributed by atoms with van der Waals surface area (Å²) in [4.78, 5) is 12.6. The Labute approximate surface area is 133 Å². The predicted octanol–water partition coefficient (Wildman–Crippen LogP) is 2.46. The number of hydrogen-bond acceptors (Lipinski definition) is 4. The number of H-pyrrole nitrogens is 1. The molecule has 1 aliphatic carbocycles. The molecular weight excluding hydrogens is 304 g/mol. The number of benzene rings is 1. The van der Waals surface area contributed by atoms with Gasteiger partial charge in [-0.05, 0) is 30.9 Å². The Morgan fingerprint density at radius 1 is 1.55 bits per heavy atom. The maximum atomic E-state index is 12.6. The summed E-state index contributed by atoms with van der Waals surface area (Å²) in [6, 6.07) is 3.00. The zero-order valence-electron chi connectivity index (χ0n) is 12.1. The van der Waals surface area contributed by atoms with Crippen LogP contribution in [0.5, 0.6) is 5.75 Å². The molecule has 1 aromatic carbocycles. The van der Waals surface area contributed by atoms with E-state index in [1.54, 1.807) is 6.07 Å². The van der Waals surface area contributed by atoms with E-state index in [-0.39, 0.29) is 11.9 Å². The van der Waals surface area contributed by atoms with Crippen molar-refractivity contribution in [3.05, 3.63) is 40.2 Å². The van der Waals surface area contributed by atoms with Gasteiger partial charge in [0.05, 0.1) is 41.3 Å². The summed E-state index contributed by atoms with van der Waals surface area (Å²) in [5.74, 6) is 0.159. The van der Waals surface area contributed by atoms with Crippen LogP contribution in [0.4, 0.5) is 5.69 Å². The second-order valence-corrected chi connectivity index (χ2v) is 5.71. The third-order valence-corrected chi connectivity index (χ3v) is 4.23. The van der Waals surface area contributed by atoms with Crippen LogP contribution < -0.4 is 15.8 Å². The second kappa shape index (κ2) is 5.88. The Morgan fingerprint density at radius 2 is 2.36 bits per heavy atom. The minimum absolute atomic E-state index is 0.0835. The number of nitrogens with zero attached hydrogens (tertiary/aromatic N) is 1. The largest absolute Gasteiger partial charge is 0.496 e. The predicted molar refractivity (Wildman–Crippen MR) is 84.1 cm³/mol. The van der Waals surface area contributed by atoms with E-state index < -0.39 is 0 Å². The summed E-state index contributed by atoms with van der Waals surface area (Å²) in [5, 5.41) is 10.4. The van der Waals surface area contributed by atoms with Crippen LogP contribution in [0.15, 0.2) is 18.3 Å². The van der Waals surface area contributed by atoms with E-state index in [0.29, 0.717) is 22.0 Å². The van der Waals surface area contributed by atoms with Crippen LogP contribution >= 0.6 is 11.6 Å². The van der Waals surface area contributed by atoms with Crippen molar-refractivity contribution < 1.29 is 9.53 Å². The molecule has 22 heavy (non-hydrogen) atoms. The number of aromatic nitrogens is 2. The van der Waals surface area contributed by atoms with Crippen LogP contribution in [0.25, 0.3) is 0 Å². The number of aryl methyl sites for hydroxylation is 1. The van der Waals surface area contributed by atoms with Gasteiger partial charge >= 0.3 is 0 Å². The van der Waals surface area contributed by atoms with E-state index in [4.69, 9.17) is 22.1 Å². The SMILES string of the molecule is COc1cc(N)c(Cl)cc1C(=O)NC1CCCc2cn[nH]c21. The molecule has 1 aromatic heterocycles. The molecule has 116 valence electrons. The summed E-state index contributed by atoms with van der Waals surface area (Å²) in [6.45, 7) is 0. The third kappa shape index (κ3) is 2.62. The Kier molecular flexibility index (Phi) is 3.94. The van der Waals surface area contributed by atoms with Gasteiger partial charge in [0.25, 0.3) is 5.91 Å². The number of nitrogens with one attached hydrogen (secondary N) is 2. The van der Waals surface area contributed by atoms with Gasteiger partial charge in [-0.25, -0.2) is 0 Å². The van der Waals surface area contributed by atoms with Crippen molar-refractivity contribution >= 4 is 23.2 Å². The molecular formula is C15H17ClN4O2. The molecule has 1 aliphatic rings. The lowest BCUT2D eigenvalue weighted by Crippen LogP contribution is -2.31. The second-order valence-electron chi connectivity index (χ2n) is 5.30. The van der Waals surface area contributed by atoms with Gasteiger partial charge in [-0.1, -0.05) is 11.6 Å². The average molecular weight is 321 g/mol. The number of rotatable bonds is 3.